The summed E-state index contributed by atoms with van der Waals surface area (Å²) in [6.45, 7) is 11.7. The lowest BCUT2D eigenvalue weighted by Crippen LogP contribution is -2.29. The Hall–Kier alpha value is -0.930. The fraction of sp³-hybridized carbons (Fsp3) is 0.667. The van der Waals surface area contributed by atoms with E-state index in [1.807, 2.05) is 12.3 Å². The summed E-state index contributed by atoms with van der Waals surface area (Å²) < 4.78 is 0. The van der Waals surface area contributed by atoms with Crippen molar-refractivity contribution >= 4 is 0 Å². The van der Waals surface area contributed by atoms with Crippen molar-refractivity contribution in [2.45, 2.75) is 40.8 Å². The molecule has 0 fully saturated rings. The lowest BCUT2D eigenvalue weighted by Gasteiger charge is -2.25. The van der Waals surface area contributed by atoms with Gasteiger partial charge in [0.25, 0.3) is 0 Å². The van der Waals surface area contributed by atoms with Crippen molar-refractivity contribution in [3.8, 4) is 0 Å². The van der Waals surface area contributed by atoms with Crippen LogP contribution >= 0.6 is 0 Å². The third-order valence-electron chi connectivity index (χ3n) is 3.51. The van der Waals surface area contributed by atoms with Crippen molar-refractivity contribution in [2.75, 3.05) is 6.54 Å². The number of pyridine rings is 1. The number of nitrogens with one attached hydrogen (secondary N) is 1. The Kier molecular flexibility index (Phi) is 6.30. The SMILES string of the molecule is CC(C)C(CNCc1ccnc(CN)c1)C(C)C. The number of hydrogen-bond acceptors (Lipinski definition) is 3. The van der Waals surface area contributed by atoms with Crippen LogP contribution in [0.5, 0.6) is 0 Å². The topological polar surface area (TPSA) is 50.9 Å². The zero-order valence-corrected chi connectivity index (χ0v) is 12.1. The normalized spacial score (nSPS) is 11.8. The van der Waals surface area contributed by atoms with Gasteiger partial charge in [-0.15, -0.1) is 0 Å². The molecule has 0 bridgehead atoms. The molecule has 1 aromatic rings. The van der Waals surface area contributed by atoms with E-state index in [1.54, 1.807) is 0 Å². The van der Waals surface area contributed by atoms with Crippen LogP contribution in [0.15, 0.2) is 18.3 Å². The molecule has 0 aliphatic heterocycles. The van der Waals surface area contributed by atoms with E-state index in [-0.39, 0.29) is 0 Å². The second-order valence-electron chi connectivity index (χ2n) is 5.64. The quantitative estimate of drug-likeness (QED) is 0.781. The first-order chi connectivity index (χ1) is 8.54. The predicted molar refractivity (Wildman–Crippen MR) is 77.0 cm³/mol. The van der Waals surface area contributed by atoms with E-state index >= 15 is 0 Å². The van der Waals surface area contributed by atoms with E-state index in [9.17, 15) is 0 Å². The summed E-state index contributed by atoms with van der Waals surface area (Å²) in [5, 5.41) is 3.55. The van der Waals surface area contributed by atoms with Gasteiger partial charge in [0.1, 0.15) is 0 Å². The zero-order chi connectivity index (χ0) is 13.5. The second kappa shape index (κ2) is 7.49. The third-order valence-corrected chi connectivity index (χ3v) is 3.51. The van der Waals surface area contributed by atoms with Gasteiger partial charge in [-0.05, 0) is 42.0 Å². The monoisotopic (exact) mass is 249 g/mol. The molecule has 0 aromatic carbocycles. The maximum atomic E-state index is 5.59. The van der Waals surface area contributed by atoms with Crippen LogP contribution in [0.2, 0.25) is 0 Å². The van der Waals surface area contributed by atoms with E-state index in [1.165, 1.54) is 5.56 Å². The Labute approximate surface area is 111 Å². The molecule has 18 heavy (non-hydrogen) atoms. The van der Waals surface area contributed by atoms with Crippen LogP contribution in [0.1, 0.15) is 39.0 Å². The van der Waals surface area contributed by atoms with Gasteiger partial charge in [-0.2, -0.15) is 0 Å². The van der Waals surface area contributed by atoms with E-state index in [0.29, 0.717) is 6.54 Å². The van der Waals surface area contributed by atoms with Crippen LogP contribution in [-0.2, 0) is 13.1 Å². The summed E-state index contributed by atoms with van der Waals surface area (Å²) in [5.74, 6) is 2.16. The van der Waals surface area contributed by atoms with E-state index < -0.39 is 0 Å². The maximum absolute atomic E-state index is 5.59. The standard InChI is InChI=1S/C15H27N3/c1-11(2)15(12(3)4)10-17-9-13-5-6-18-14(7-13)8-16/h5-7,11-12,15,17H,8-10,16H2,1-4H3. The summed E-state index contributed by atoms with van der Waals surface area (Å²) in [5.41, 5.74) is 7.81. The van der Waals surface area contributed by atoms with Gasteiger partial charge in [-0.3, -0.25) is 4.98 Å². The van der Waals surface area contributed by atoms with Gasteiger partial charge in [-0.1, -0.05) is 27.7 Å². The Morgan fingerprint density at radius 3 is 2.44 bits per heavy atom. The molecule has 3 nitrogen and oxygen atoms in total. The number of nitrogens with two attached hydrogens (primary N) is 1. The number of nitrogens with zero attached hydrogens (tertiary/aromatic N) is 1. The molecule has 3 heteroatoms. The molecule has 0 spiro atoms. The highest BCUT2D eigenvalue weighted by Gasteiger charge is 2.16. The van der Waals surface area contributed by atoms with Crippen LogP contribution in [0.25, 0.3) is 0 Å². The molecule has 0 unspecified atom stereocenters. The minimum atomic E-state index is 0.508. The first-order valence-electron chi connectivity index (χ1n) is 6.89. The Bertz CT molecular complexity index is 339. The summed E-state index contributed by atoms with van der Waals surface area (Å²) in [6, 6.07) is 4.12. The van der Waals surface area contributed by atoms with Gasteiger partial charge >= 0.3 is 0 Å². The van der Waals surface area contributed by atoms with Crippen LogP contribution in [0.4, 0.5) is 0 Å². The molecule has 1 heterocycles. The Balaban J connectivity index is 2.44. The summed E-state index contributed by atoms with van der Waals surface area (Å²) in [7, 11) is 0. The first-order valence-corrected chi connectivity index (χ1v) is 6.89. The average Bonchev–Trinajstić information content (AvgIpc) is 2.34. The minimum Gasteiger partial charge on any atom is -0.325 e. The highest BCUT2D eigenvalue weighted by molar-refractivity contribution is 5.15. The molecule has 0 atom stereocenters. The lowest BCUT2D eigenvalue weighted by molar-refractivity contribution is 0.275. The number of aromatic nitrogens is 1. The van der Waals surface area contributed by atoms with Gasteiger partial charge in [0, 0.05) is 19.3 Å². The van der Waals surface area contributed by atoms with Gasteiger partial charge in [-0.25, -0.2) is 0 Å². The van der Waals surface area contributed by atoms with Crippen LogP contribution in [-0.4, -0.2) is 11.5 Å². The molecule has 3 N–H and O–H groups in total. The molecule has 0 aliphatic rings. The van der Waals surface area contributed by atoms with E-state index in [2.05, 4.69) is 44.1 Å². The number of rotatable bonds is 7. The van der Waals surface area contributed by atoms with Crippen LogP contribution in [0.3, 0.4) is 0 Å². The first kappa shape index (κ1) is 15.1. The predicted octanol–water partition coefficient (Wildman–Crippen LogP) is 2.56. The molecule has 0 radical (unpaired) electrons. The molecular formula is C15H27N3. The third kappa shape index (κ3) is 4.75. The molecule has 102 valence electrons. The van der Waals surface area contributed by atoms with Gasteiger partial charge in [0.05, 0.1) is 5.69 Å². The number of hydrogen-bond donors (Lipinski definition) is 2. The fourth-order valence-electron chi connectivity index (χ4n) is 2.37. The lowest BCUT2D eigenvalue weighted by atomic mass is 9.85. The van der Waals surface area contributed by atoms with Gasteiger partial charge < -0.3 is 11.1 Å². The summed E-state index contributed by atoms with van der Waals surface area (Å²) in [6.07, 6.45) is 1.83. The fourth-order valence-corrected chi connectivity index (χ4v) is 2.37. The molecule has 0 amide bonds. The van der Waals surface area contributed by atoms with Crippen molar-refractivity contribution in [1.82, 2.24) is 10.3 Å². The van der Waals surface area contributed by atoms with E-state index in [4.69, 9.17) is 5.73 Å². The molecule has 1 aromatic heterocycles. The maximum Gasteiger partial charge on any atom is 0.0542 e. The Morgan fingerprint density at radius 1 is 1.22 bits per heavy atom. The van der Waals surface area contributed by atoms with E-state index in [0.717, 1.165) is 36.5 Å². The molecular weight excluding hydrogens is 222 g/mol. The largest absolute Gasteiger partial charge is 0.325 e. The smallest absolute Gasteiger partial charge is 0.0542 e. The minimum absolute atomic E-state index is 0.508. The Morgan fingerprint density at radius 2 is 1.89 bits per heavy atom. The highest BCUT2D eigenvalue weighted by atomic mass is 14.9. The second-order valence-corrected chi connectivity index (χ2v) is 5.64. The van der Waals surface area contributed by atoms with Crippen molar-refractivity contribution in [3.05, 3.63) is 29.6 Å². The molecule has 0 saturated carbocycles. The molecule has 1 rings (SSSR count). The van der Waals surface area contributed by atoms with Crippen molar-refractivity contribution in [3.63, 3.8) is 0 Å². The zero-order valence-electron chi connectivity index (χ0n) is 12.1. The summed E-state index contributed by atoms with van der Waals surface area (Å²) >= 11 is 0. The summed E-state index contributed by atoms with van der Waals surface area (Å²) in [4.78, 5) is 4.20. The van der Waals surface area contributed by atoms with Gasteiger partial charge in [0.15, 0.2) is 0 Å². The highest BCUT2D eigenvalue weighted by Crippen LogP contribution is 2.19. The van der Waals surface area contributed by atoms with Crippen molar-refractivity contribution in [2.24, 2.45) is 23.5 Å². The molecule has 0 aliphatic carbocycles. The van der Waals surface area contributed by atoms with Crippen LogP contribution < -0.4 is 11.1 Å². The van der Waals surface area contributed by atoms with Gasteiger partial charge in [0.2, 0.25) is 0 Å². The molecule has 0 saturated heterocycles. The van der Waals surface area contributed by atoms with Crippen molar-refractivity contribution in [1.29, 1.82) is 0 Å². The van der Waals surface area contributed by atoms with Crippen LogP contribution in [0, 0.1) is 17.8 Å². The van der Waals surface area contributed by atoms with Crippen molar-refractivity contribution < 1.29 is 0 Å². The average molecular weight is 249 g/mol.